The van der Waals surface area contributed by atoms with Gasteiger partial charge in [0.2, 0.25) is 0 Å². The first kappa shape index (κ1) is 19.9. The number of hydrogen-bond donors (Lipinski definition) is 1. The van der Waals surface area contributed by atoms with Crippen molar-refractivity contribution in [3.05, 3.63) is 35.4 Å². The number of piperidine rings is 1. The SMILES string of the molecule is CN(c1ccc(-c2ccc(Cl)cc2O)nn1)C1CCC(C)(C)N(C)C1(C)C. The van der Waals surface area contributed by atoms with E-state index in [0.29, 0.717) is 22.3 Å². The molecule has 5 nitrogen and oxygen atoms in total. The number of likely N-dealkylation sites (N-methyl/N-ethyl adjacent to an activating group) is 2. The predicted octanol–water partition coefficient (Wildman–Crippen LogP) is 4.59. The lowest BCUT2D eigenvalue weighted by Crippen LogP contribution is -2.66. The molecule has 1 aromatic heterocycles. The normalized spacial score (nSPS) is 21.8. The zero-order chi connectivity index (χ0) is 20.0. The van der Waals surface area contributed by atoms with E-state index in [9.17, 15) is 5.11 Å². The molecule has 1 aromatic carbocycles. The van der Waals surface area contributed by atoms with E-state index in [4.69, 9.17) is 11.6 Å². The Balaban J connectivity index is 1.85. The topological polar surface area (TPSA) is 52.5 Å². The van der Waals surface area contributed by atoms with Gasteiger partial charge in [0.25, 0.3) is 0 Å². The number of likely N-dealkylation sites (tertiary alicyclic amines) is 1. The first-order valence-electron chi connectivity index (χ1n) is 9.33. The Kier molecular flexibility index (Phi) is 5.12. The molecule has 6 heteroatoms. The number of aromatic nitrogens is 2. The van der Waals surface area contributed by atoms with Crippen molar-refractivity contribution in [3.63, 3.8) is 0 Å². The molecule has 1 atom stereocenters. The summed E-state index contributed by atoms with van der Waals surface area (Å²) in [6, 6.07) is 9.20. The number of anilines is 1. The summed E-state index contributed by atoms with van der Waals surface area (Å²) in [4.78, 5) is 4.70. The van der Waals surface area contributed by atoms with E-state index in [1.807, 2.05) is 12.1 Å². The number of nitrogens with zero attached hydrogens (tertiary/aromatic N) is 4. The summed E-state index contributed by atoms with van der Waals surface area (Å²) in [5.74, 6) is 0.938. The number of rotatable bonds is 3. The van der Waals surface area contributed by atoms with E-state index in [-0.39, 0.29) is 16.8 Å². The molecule has 0 spiro atoms. The number of aromatic hydroxyl groups is 1. The van der Waals surface area contributed by atoms with Crippen LogP contribution in [0.2, 0.25) is 5.02 Å². The van der Waals surface area contributed by atoms with Crippen LogP contribution in [-0.2, 0) is 0 Å². The fourth-order valence-corrected chi connectivity index (χ4v) is 4.39. The summed E-state index contributed by atoms with van der Waals surface area (Å²) in [7, 11) is 4.29. The lowest BCUT2D eigenvalue weighted by Gasteiger charge is -2.57. The van der Waals surface area contributed by atoms with Crippen LogP contribution in [0.4, 0.5) is 5.82 Å². The van der Waals surface area contributed by atoms with Crippen molar-refractivity contribution in [3.8, 4) is 17.0 Å². The molecule has 2 aromatic rings. The smallest absolute Gasteiger partial charge is 0.151 e. The molecule has 0 amide bonds. The summed E-state index contributed by atoms with van der Waals surface area (Å²) >= 11 is 5.91. The maximum absolute atomic E-state index is 10.1. The van der Waals surface area contributed by atoms with Gasteiger partial charge in [-0.3, -0.25) is 4.90 Å². The maximum atomic E-state index is 10.1. The highest BCUT2D eigenvalue weighted by Crippen LogP contribution is 2.40. The minimum atomic E-state index is 0.00526. The van der Waals surface area contributed by atoms with Gasteiger partial charge in [0.05, 0.1) is 5.69 Å². The monoisotopic (exact) mass is 388 g/mol. The molecule has 0 radical (unpaired) electrons. The zero-order valence-corrected chi connectivity index (χ0v) is 17.7. The highest BCUT2D eigenvalue weighted by Gasteiger charge is 2.46. The molecular formula is C21H29ClN4O. The molecule has 1 aliphatic rings. The summed E-state index contributed by atoms with van der Waals surface area (Å²) < 4.78 is 0. The minimum absolute atomic E-state index is 0.00526. The average molecular weight is 389 g/mol. The van der Waals surface area contributed by atoms with Gasteiger partial charge in [0.15, 0.2) is 5.82 Å². The molecule has 1 aliphatic heterocycles. The van der Waals surface area contributed by atoms with Gasteiger partial charge in [-0.25, -0.2) is 0 Å². The maximum Gasteiger partial charge on any atom is 0.151 e. The van der Waals surface area contributed by atoms with E-state index in [2.05, 4.69) is 61.8 Å². The van der Waals surface area contributed by atoms with Crippen molar-refractivity contribution < 1.29 is 5.11 Å². The first-order chi connectivity index (χ1) is 12.5. The van der Waals surface area contributed by atoms with Gasteiger partial charge in [0, 0.05) is 34.8 Å². The number of hydrogen-bond acceptors (Lipinski definition) is 5. The van der Waals surface area contributed by atoms with Crippen LogP contribution in [0.5, 0.6) is 5.75 Å². The van der Waals surface area contributed by atoms with Gasteiger partial charge in [-0.05, 0) is 77.9 Å². The molecule has 0 saturated carbocycles. The van der Waals surface area contributed by atoms with Gasteiger partial charge < -0.3 is 10.0 Å². The van der Waals surface area contributed by atoms with Crippen molar-refractivity contribution >= 4 is 17.4 Å². The van der Waals surface area contributed by atoms with E-state index in [1.165, 1.54) is 6.07 Å². The van der Waals surface area contributed by atoms with Crippen LogP contribution in [-0.4, -0.2) is 51.4 Å². The Bertz CT molecular complexity index is 819. The van der Waals surface area contributed by atoms with Crippen molar-refractivity contribution in [2.45, 2.75) is 57.7 Å². The minimum Gasteiger partial charge on any atom is -0.507 e. The zero-order valence-electron chi connectivity index (χ0n) is 17.0. The molecule has 1 fully saturated rings. The Morgan fingerprint density at radius 2 is 1.85 bits per heavy atom. The van der Waals surface area contributed by atoms with E-state index < -0.39 is 0 Å². The van der Waals surface area contributed by atoms with Crippen LogP contribution in [0.1, 0.15) is 40.5 Å². The lowest BCUT2D eigenvalue weighted by atomic mass is 9.76. The van der Waals surface area contributed by atoms with Crippen LogP contribution < -0.4 is 4.90 Å². The highest BCUT2D eigenvalue weighted by molar-refractivity contribution is 6.30. The molecule has 27 heavy (non-hydrogen) atoms. The molecule has 0 aliphatic carbocycles. The standard InChI is InChI=1S/C21H29ClN4O/c1-20(2)12-11-18(21(3,4)26(20)6)25(5)19-10-9-16(23-24-19)15-8-7-14(22)13-17(15)27/h7-10,13,18,27H,11-12H2,1-6H3. The van der Waals surface area contributed by atoms with Crippen molar-refractivity contribution in [1.82, 2.24) is 15.1 Å². The largest absolute Gasteiger partial charge is 0.507 e. The van der Waals surface area contributed by atoms with Crippen LogP contribution in [0, 0.1) is 0 Å². The van der Waals surface area contributed by atoms with Crippen LogP contribution in [0.3, 0.4) is 0 Å². The summed E-state index contributed by atoms with van der Waals surface area (Å²) in [5.41, 5.74) is 1.44. The molecule has 146 valence electrons. The fourth-order valence-electron chi connectivity index (χ4n) is 4.22. The van der Waals surface area contributed by atoms with Crippen LogP contribution in [0.15, 0.2) is 30.3 Å². The van der Waals surface area contributed by atoms with Crippen LogP contribution >= 0.6 is 11.6 Å². The average Bonchev–Trinajstić information content (AvgIpc) is 2.60. The summed E-state index contributed by atoms with van der Waals surface area (Å²) in [6.07, 6.45) is 2.23. The lowest BCUT2D eigenvalue weighted by molar-refractivity contribution is -0.0176. The Morgan fingerprint density at radius 3 is 2.44 bits per heavy atom. The molecule has 3 rings (SSSR count). The number of halogens is 1. The van der Waals surface area contributed by atoms with Gasteiger partial charge >= 0.3 is 0 Å². The third-order valence-electron chi connectivity index (χ3n) is 6.33. The Morgan fingerprint density at radius 1 is 1.15 bits per heavy atom. The second-order valence-electron chi connectivity index (χ2n) is 8.63. The molecule has 1 N–H and O–H groups in total. The van der Waals surface area contributed by atoms with Gasteiger partial charge in [0.1, 0.15) is 5.75 Å². The number of phenols is 1. The quantitative estimate of drug-likeness (QED) is 0.833. The third-order valence-corrected chi connectivity index (χ3v) is 6.57. The third kappa shape index (κ3) is 3.63. The van der Waals surface area contributed by atoms with E-state index in [1.54, 1.807) is 12.1 Å². The number of phenolic OH excluding ortho intramolecular Hbond substituents is 1. The second-order valence-corrected chi connectivity index (χ2v) is 9.07. The second kappa shape index (κ2) is 6.95. The molecular weight excluding hydrogens is 360 g/mol. The van der Waals surface area contributed by atoms with Gasteiger partial charge in [-0.1, -0.05) is 11.6 Å². The molecule has 0 bridgehead atoms. The predicted molar refractivity (Wildman–Crippen MR) is 111 cm³/mol. The van der Waals surface area contributed by atoms with E-state index >= 15 is 0 Å². The van der Waals surface area contributed by atoms with Crippen molar-refractivity contribution in [2.24, 2.45) is 0 Å². The first-order valence-corrected chi connectivity index (χ1v) is 9.71. The van der Waals surface area contributed by atoms with Crippen molar-refractivity contribution in [2.75, 3.05) is 19.0 Å². The van der Waals surface area contributed by atoms with Gasteiger partial charge in [-0.15, -0.1) is 10.2 Å². The number of benzene rings is 1. The molecule has 2 heterocycles. The Hall–Kier alpha value is -1.85. The summed E-state index contributed by atoms with van der Waals surface area (Å²) in [6.45, 7) is 9.20. The molecule has 1 saturated heterocycles. The van der Waals surface area contributed by atoms with Crippen LogP contribution in [0.25, 0.3) is 11.3 Å². The Labute approximate surface area is 167 Å². The summed E-state index contributed by atoms with van der Waals surface area (Å²) in [5, 5.41) is 19.4. The van der Waals surface area contributed by atoms with Gasteiger partial charge in [-0.2, -0.15) is 0 Å². The highest BCUT2D eigenvalue weighted by atomic mass is 35.5. The van der Waals surface area contributed by atoms with Crippen molar-refractivity contribution in [1.29, 1.82) is 0 Å². The van der Waals surface area contributed by atoms with E-state index in [0.717, 1.165) is 18.7 Å². The molecule has 1 unspecified atom stereocenters. The fraction of sp³-hybridized carbons (Fsp3) is 0.524.